The Labute approximate surface area is 92.7 Å². The van der Waals surface area contributed by atoms with Crippen molar-refractivity contribution in [3.63, 3.8) is 0 Å². The lowest BCUT2D eigenvalue weighted by Crippen LogP contribution is -2.01. The van der Waals surface area contributed by atoms with E-state index < -0.39 is 0 Å². The number of aromatic nitrogens is 3. The van der Waals surface area contributed by atoms with Crippen molar-refractivity contribution in [1.29, 1.82) is 0 Å². The van der Waals surface area contributed by atoms with Crippen molar-refractivity contribution in [2.75, 3.05) is 0 Å². The zero-order valence-electron chi connectivity index (χ0n) is 8.31. The molecule has 2 N–H and O–H groups in total. The van der Waals surface area contributed by atoms with Gasteiger partial charge in [0.25, 0.3) is 0 Å². The van der Waals surface area contributed by atoms with Gasteiger partial charge in [-0.3, -0.25) is 0 Å². The molecule has 0 bridgehead atoms. The van der Waals surface area contributed by atoms with E-state index in [0.717, 1.165) is 16.8 Å². The first-order chi connectivity index (χ1) is 7.22. The van der Waals surface area contributed by atoms with Gasteiger partial charge in [0, 0.05) is 24.2 Å². The molecular formula is C10H11ClN4. The summed E-state index contributed by atoms with van der Waals surface area (Å²) in [7, 11) is 1.84. The SMILES string of the molecule is Cn1nncc1-c1ccc(Cl)cc1CN. The molecule has 1 aromatic heterocycles. The summed E-state index contributed by atoms with van der Waals surface area (Å²) in [6.07, 6.45) is 1.71. The van der Waals surface area contributed by atoms with E-state index in [2.05, 4.69) is 10.3 Å². The number of nitrogens with two attached hydrogens (primary N) is 1. The fourth-order valence-corrected chi connectivity index (χ4v) is 1.71. The minimum atomic E-state index is 0.446. The number of aryl methyl sites for hydroxylation is 1. The third-order valence-corrected chi connectivity index (χ3v) is 2.51. The summed E-state index contributed by atoms with van der Waals surface area (Å²) in [5, 5.41) is 8.41. The lowest BCUT2D eigenvalue weighted by atomic mass is 10.1. The Morgan fingerprint density at radius 1 is 1.47 bits per heavy atom. The van der Waals surface area contributed by atoms with Crippen molar-refractivity contribution >= 4 is 11.6 Å². The fourth-order valence-electron chi connectivity index (χ4n) is 1.51. The van der Waals surface area contributed by atoms with Crippen LogP contribution in [0.2, 0.25) is 5.02 Å². The first-order valence-corrected chi connectivity index (χ1v) is 4.93. The van der Waals surface area contributed by atoms with E-state index in [-0.39, 0.29) is 0 Å². The second-order valence-corrected chi connectivity index (χ2v) is 3.68. The van der Waals surface area contributed by atoms with Gasteiger partial charge in [-0.05, 0) is 17.7 Å². The minimum Gasteiger partial charge on any atom is -0.326 e. The number of nitrogens with zero attached hydrogens (tertiary/aromatic N) is 3. The second kappa shape index (κ2) is 4.00. The van der Waals surface area contributed by atoms with Gasteiger partial charge in [-0.1, -0.05) is 22.9 Å². The molecule has 4 nitrogen and oxygen atoms in total. The fraction of sp³-hybridized carbons (Fsp3) is 0.200. The maximum Gasteiger partial charge on any atom is 0.0885 e. The van der Waals surface area contributed by atoms with E-state index in [0.29, 0.717) is 11.6 Å². The number of halogens is 1. The predicted molar refractivity (Wildman–Crippen MR) is 59.3 cm³/mol. The molecule has 0 aliphatic rings. The van der Waals surface area contributed by atoms with Crippen LogP contribution >= 0.6 is 11.6 Å². The van der Waals surface area contributed by atoms with Gasteiger partial charge in [0.2, 0.25) is 0 Å². The highest BCUT2D eigenvalue weighted by Gasteiger charge is 2.08. The molecule has 0 atom stereocenters. The van der Waals surface area contributed by atoms with Crippen LogP contribution in [0.1, 0.15) is 5.56 Å². The van der Waals surface area contributed by atoms with Gasteiger partial charge >= 0.3 is 0 Å². The molecule has 0 aliphatic heterocycles. The third-order valence-electron chi connectivity index (χ3n) is 2.28. The Balaban J connectivity index is 2.58. The second-order valence-electron chi connectivity index (χ2n) is 3.25. The topological polar surface area (TPSA) is 56.7 Å². The highest BCUT2D eigenvalue weighted by molar-refractivity contribution is 6.30. The molecule has 0 fully saturated rings. The predicted octanol–water partition coefficient (Wildman–Crippen LogP) is 1.59. The van der Waals surface area contributed by atoms with E-state index in [1.807, 2.05) is 25.2 Å². The molecular weight excluding hydrogens is 212 g/mol. The van der Waals surface area contributed by atoms with Crippen molar-refractivity contribution in [2.45, 2.75) is 6.54 Å². The van der Waals surface area contributed by atoms with Crippen LogP contribution in [-0.4, -0.2) is 15.0 Å². The molecule has 2 rings (SSSR count). The largest absolute Gasteiger partial charge is 0.326 e. The number of rotatable bonds is 2. The van der Waals surface area contributed by atoms with Crippen molar-refractivity contribution in [3.05, 3.63) is 35.0 Å². The van der Waals surface area contributed by atoms with E-state index in [4.69, 9.17) is 17.3 Å². The summed E-state index contributed by atoms with van der Waals surface area (Å²) in [5.74, 6) is 0. The van der Waals surface area contributed by atoms with Gasteiger partial charge in [-0.15, -0.1) is 5.10 Å². The molecule has 0 unspecified atom stereocenters. The Kier molecular flexibility index (Phi) is 2.70. The van der Waals surface area contributed by atoms with E-state index in [1.165, 1.54) is 0 Å². The molecule has 2 aromatic rings. The normalized spacial score (nSPS) is 10.6. The minimum absolute atomic E-state index is 0.446. The van der Waals surface area contributed by atoms with Crippen molar-refractivity contribution in [1.82, 2.24) is 15.0 Å². The zero-order valence-corrected chi connectivity index (χ0v) is 9.07. The van der Waals surface area contributed by atoms with Gasteiger partial charge < -0.3 is 5.73 Å². The molecule has 15 heavy (non-hydrogen) atoms. The van der Waals surface area contributed by atoms with Crippen molar-refractivity contribution in [2.24, 2.45) is 12.8 Å². The first kappa shape index (κ1) is 10.1. The van der Waals surface area contributed by atoms with Crippen LogP contribution < -0.4 is 5.73 Å². The van der Waals surface area contributed by atoms with Gasteiger partial charge in [-0.2, -0.15) is 0 Å². The van der Waals surface area contributed by atoms with Crippen LogP contribution in [0, 0.1) is 0 Å². The van der Waals surface area contributed by atoms with Gasteiger partial charge in [0.05, 0.1) is 11.9 Å². The van der Waals surface area contributed by atoms with Crippen molar-refractivity contribution < 1.29 is 0 Å². The van der Waals surface area contributed by atoms with Gasteiger partial charge in [0.15, 0.2) is 0 Å². The third kappa shape index (κ3) is 1.86. The maximum absolute atomic E-state index is 5.90. The summed E-state index contributed by atoms with van der Waals surface area (Å²) < 4.78 is 1.71. The van der Waals surface area contributed by atoms with E-state index in [1.54, 1.807) is 10.9 Å². The highest BCUT2D eigenvalue weighted by atomic mass is 35.5. The van der Waals surface area contributed by atoms with Crippen LogP contribution in [0.3, 0.4) is 0 Å². The summed E-state index contributed by atoms with van der Waals surface area (Å²) in [4.78, 5) is 0. The summed E-state index contributed by atoms with van der Waals surface area (Å²) in [5.41, 5.74) is 8.62. The number of benzene rings is 1. The molecule has 78 valence electrons. The standard InChI is InChI=1S/C10H11ClN4/c1-15-10(6-13-14-15)9-3-2-8(11)4-7(9)5-12/h2-4,6H,5,12H2,1H3. The van der Waals surface area contributed by atoms with Crippen molar-refractivity contribution in [3.8, 4) is 11.3 Å². The average Bonchev–Trinajstić information content (AvgIpc) is 2.64. The number of hydrogen-bond donors (Lipinski definition) is 1. The zero-order chi connectivity index (χ0) is 10.8. The Hall–Kier alpha value is -1.39. The molecule has 1 aromatic carbocycles. The summed E-state index contributed by atoms with van der Waals surface area (Å²) in [6.45, 7) is 0.446. The monoisotopic (exact) mass is 222 g/mol. The van der Waals surface area contributed by atoms with Crippen LogP contribution in [0.15, 0.2) is 24.4 Å². The smallest absolute Gasteiger partial charge is 0.0885 e. The Morgan fingerprint density at radius 2 is 2.27 bits per heavy atom. The molecule has 5 heteroatoms. The van der Waals surface area contributed by atoms with Crippen LogP contribution in [-0.2, 0) is 13.6 Å². The molecule has 0 radical (unpaired) electrons. The quantitative estimate of drug-likeness (QED) is 0.840. The molecule has 0 amide bonds. The first-order valence-electron chi connectivity index (χ1n) is 4.56. The molecule has 0 aliphatic carbocycles. The lowest BCUT2D eigenvalue weighted by molar-refractivity contribution is 0.720. The highest BCUT2D eigenvalue weighted by Crippen LogP contribution is 2.24. The number of hydrogen-bond acceptors (Lipinski definition) is 3. The van der Waals surface area contributed by atoms with E-state index in [9.17, 15) is 0 Å². The van der Waals surface area contributed by atoms with Crippen LogP contribution in [0.5, 0.6) is 0 Å². The van der Waals surface area contributed by atoms with Crippen LogP contribution in [0.4, 0.5) is 0 Å². The molecule has 0 spiro atoms. The van der Waals surface area contributed by atoms with E-state index >= 15 is 0 Å². The lowest BCUT2D eigenvalue weighted by Gasteiger charge is -2.07. The summed E-state index contributed by atoms with van der Waals surface area (Å²) >= 11 is 5.90. The molecule has 0 saturated carbocycles. The average molecular weight is 223 g/mol. The molecule has 1 heterocycles. The maximum atomic E-state index is 5.90. The summed E-state index contributed by atoms with van der Waals surface area (Å²) in [6, 6.07) is 5.64. The Bertz CT molecular complexity index is 478. The van der Waals surface area contributed by atoms with Gasteiger partial charge in [0.1, 0.15) is 0 Å². The van der Waals surface area contributed by atoms with Gasteiger partial charge in [-0.25, -0.2) is 4.68 Å². The van der Waals surface area contributed by atoms with Crippen LogP contribution in [0.25, 0.3) is 11.3 Å². The molecule has 0 saturated heterocycles. The Morgan fingerprint density at radius 3 is 2.87 bits per heavy atom.